The van der Waals surface area contributed by atoms with Gasteiger partial charge in [-0.1, -0.05) is 24.3 Å². The van der Waals surface area contributed by atoms with Gasteiger partial charge in [-0.3, -0.25) is 10.2 Å². The number of nitrogens with one attached hydrogen (secondary N) is 3. The lowest BCUT2D eigenvalue weighted by atomic mass is 10.00. The molecule has 7 heteroatoms. The Kier molecular flexibility index (Phi) is 4.90. The molecule has 0 saturated carbocycles. The third-order valence-electron chi connectivity index (χ3n) is 3.88. The van der Waals surface area contributed by atoms with Crippen molar-refractivity contribution in [2.24, 2.45) is 5.73 Å². The molecule has 0 saturated heterocycles. The normalized spacial score (nSPS) is 10.6. The average molecular weight is 354 g/mol. The Morgan fingerprint density at radius 2 is 1.81 bits per heavy atom. The van der Waals surface area contributed by atoms with Crippen LogP contribution in [0.5, 0.6) is 0 Å². The summed E-state index contributed by atoms with van der Waals surface area (Å²) in [5.74, 6) is -1.60. The Hall–Kier alpha value is -3.32. The van der Waals surface area contributed by atoms with Crippen molar-refractivity contribution in [1.82, 2.24) is 4.98 Å². The van der Waals surface area contributed by atoms with Gasteiger partial charge >= 0.3 is 0 Å². The van der Waals surface area contributed by atoms with Crippen LogP contribution in [0.3, 0.4) is 0 Å². The summed E-state index contributed by atoms with van der Waals surface area (Å²) in [6, 6.07) is 11.8. The first-order valence-corrected chi connectivity index (χ1v) is 7.82. The van der Waals surface area contributed by atoms with Crippen molar-refractivity contribution < 1.29 is 8.78 Å². The van der Waals surface area contributed by atoms with Crippen LogP contribution in [-0.4, -0.2) is 10.7 Å². The molecule has 0 atom stereocenters. The zero-order valence-corrected chi connectivity index (χ0v) is 13.6. The van der Waals surface area contributed by atoms with Crippen molar-refractivity contribution in [3.8, 4) is 0 Å². The highest BCUT2D eigenvalue weighted by molar-refractivity contribution is 6.14. The third kappa shape index (κ3) is 3.38. The monoisotopic (exact) mass is 354 g/mol. The average Bonchev–Trinajstić information content (AvgIpc) is 2.64. The van der Waals surface area contributed by atoms with Gasteiger partial charge in [-0.25, -0.2) is 8.78 Å². The van der Waals surface area contributed by atoms with Crippen LogP contribution in [0.2, 0.25) is 0 Å². The summed E-state index contributed by atoms with van der Waals surface area (Å²) in [6.45, 7) is 0.289. The molecule has 132 valence electrons. The van der Waals surface area contributed by atoms with Crippen LogP contribution in [0.15, 0.2) is 59.5 Å². The molecule has 1 aromatic heterocycles. The number of para-hydroxylation sites is 1. The van der Waals surface area contributed by atoms with Gasteiger partial charge < -0.3 is 16.0 Å². The van der Waals surface area contributed by atoms with Crippen molar-refractivity contribution in [1.29, 1.82) is 5.41 Å². The third-order valence-corrected chi connectivity index (χ3v) is 3.88. The highest BCUT2D eigenvalue weighted by Crippen LogP contribution is 2.25. The lowest BCUT2D eigenvalue weighted by Gasteiger charge is -2.14. The fraction of sp³-hybridized carbons (Fsp3) is 0.0526. The van der Waals surface area contributed by atoms with Crippen LogP contribution in [0.1, 0.15) is 16.7 Å². The van der Waals surface area contributed by atoms with Crippen LogP contribution in [-0.2, 0) is 6.54 Å². The second kappa shape index (κ2) is 7.28. The summed E-state index contributed by atoms with van der Waals surface area (Å²) in [5.41, 5.74) is 5.98. The molecule has 0 unspecified atom stereocenters. The summed E-state index contributed by atoms with van der Waals surface area (Å²) in [4.78, 5) is 14.8. The Morgan fingerprint density at radius 3 is 2.50 bits per heavy atom. The molecule has 0 aliphatic carbocycles. The second-order valence-electron chi connectivity index (χ2n) is 5.60. The van der Waals surface area contributed by atoms with E-state index in [0.717, 1.165) is 17.7 Å². The molecular formula is C19H16F2N4O. The predicted octanol–water partition coefficient (Wildman–Crippen LogP) is 3.27. The van der Waals surface area contributed by atoms with Crippen LogP contribution < -0.4 is 16.6 Å². The van der Waals surface area contributed by atoms with E-state index in [9.17, 15) is 13.6 Å². The number of aromatic nitrogens is 1. The molecule has 3 aromatic rings. The smallest absolute Gasteiger partial charge is 0.259 e. The highest BCUT2D eigenvalue weighted by Gasteiger charge is 2.17. The number of pyridine rings is 1. The van der Waals surface area contributed by atoms with Crippen molar-refractivity contribution in [2.75, 3.05) is 5.32 Å². The van der Waals surface area contributed by atoms with Crippen molar-refractivity contribution >= 4 is 17.1 Å². The molecule has 1 heterocycles. The molecule has 0 radical (unpaired) electrons. The molecule has 0 fully saturated rings. The first-order chi connectivity index (χ1) is 12.5. The molecule has 0 spiro atoms. The first kappa shape index (κ1) is 17.5. The minimum absolute atomic E-state index is 0.0238. The maximum Gasteiger partial charge on any atom is 0.259 e. The highest BCUT2D eigenvalue weighted by atomic mass is 19.1. The molecule has 26 heavy (non-hydrogen) atoms. The second-order valence-corrected chi connectivity index (χ2v) is 5.60. The number of benzene rings is 2. The van der Waals surface area contributed by atoms with Gasteiger partial charge in [-0.2, -0.15) is 0 Å². The van der Waals surface area contributed by atoms with Gasteiger partial charge in [-0.05, 0) is 29.8 Å². The topological polar surface area (TPSA) is 94.8 Å². The van der Waals surface area contributed by atoms with Crippen LogP contribution >= 0.6 is 0 Å². The lowest BCUT2D eigenvalue weighted by molar-refractivity contribution is 0.591. The van der Waals surface area contributed by atoms with Gasteiger partial charge in [-0.15, -0.1) is 0 Å². The molecule has 5 nitrogen and oxygen atoms in total. The summed E-state index contributed by atoms with van der Waals surface area (Å²) in [5, 5.41) is 11.0. The number of hydrogen-bond acceptors (Lipinski definition) is 4. The molecular weight excluding hydrogens is 338 g/mol. The number of halogens is 2. The summed E-state index contributed by atoms with van der Waals surface area (Å²) >= 11 is 0. The Bertz CT molecular complexity index is 1010. The number of hydrogen-bond donors (Lipinski definition) is 4. The van der Waals surface area contributed by atoms with Gasteiger partial charge in [0.1, 0.15) is 17.3 Å². The minimum Gasteiger partial charge on any atom is -0.350 e. The zero-order valence-electron chi connectivity index (χ0n) is 13.6. The summed E-state index contributed by atoms with van der Waals surface area (Å²) < 4.78 is 27.9. The predicted molar refractivity (Wildman–Crippen MR) is 97.0 cm³/mol. The van der Waals surface area contributed by atoms with Gasteiger partial charge in [0, 0.05) is 18.3 Å². The Balaban J connectivity index is 2.08. The number of rotatable bonds is 5. The SMILES string of the molecule is N=C(c1cccc(CN)c1)c1c(Nc2c(F)cccc2F)cc[nH]c1=O. The van der Waals surface area contributed by atoms with Crippen molar-refractivity contribution in [3.05, 3.63) is 93.4 Å². The lowest BCUT2D eigenvalue weighted by Crippen LogP contribution is -2.20. The maximum atomic E-state index is 13.9. The summed E-state index contributed by atoms with van der Waals surface area (Å²) in [7, 11) is 0. The van der Waals surface area contributed by atoms with E-state index < -0.39 is 17.2 Å². The van der Waals surface area contributed by atoms with Gasteiger partial charge in [0.15, 0.2) is 0 Å². The number of aromatic amines is 1. The number of anilines is 2. The largest absolute Gasteiger partial charge is 0.350 e. The maximum absolute atomic E-state index is 13.9. The van der Waals surface area contributed by atoms with Crippen molar-refractivity contribution in [2.45, 2.75) is 6.54 Å². The zero-order chi connectivity index (χ0) is 18.7. The fourth-order valence-corrected chi connectivity index (χ4v) is 2.58. The van der Waals surface area contributed by atoms with E-state index in [1.807, 2.05) is 0 Å². The van der Waals surface area contributed by atoms with Gasteiger partial charge in [0.2, 0.25) is 0 Å². The fourth-order valence-electron chi connectivity index (χ4n) is 2.58. The van der Waals surface area contributed by atoms with E-state index in [1.165, 1.54) is 18.3 Å². The number of H-pyrrole nitrogens is 1. The van der Waals surface area contributed by atoms with E-state index in [0.29, 0.717) is 5.56 Å². The van der Waals surface area contributed by atoms with E-state index in [2.05, 4.69) is 10.3 Å². The minimum atomic E-state index is -0.798. The van der Waals surface area contributed by atoms with Crippen LogP contribution in [0.25, 0.3) is 0 Å². The Labute approximate surface area is 148 Å². The molecule has 2 aromatic carbocycles. The molecule has 3 rings (SSSR count). The van der Waals surface area contributed by atoms with E-state index in [-0.39, 0.29) is 29.2 Å². The molecule has 5 N–H and O–H groups in total. The number of nitrogens with two attached hydrogens (primary N) is 1. The van der Waals surface area contributed by atoms with Crippen molar-refractivity contribution in [3.63, 3.8) is 0 Å². The molecule has 0 amide bonds. The first-order valence-electron chi connectivity index (χ1n) is 7.82. The molecule has 0 bridgehead atoms. The quantitative estimate of drug-likeness (QED) is 0.530. The van der Waals surface area contributed by atoms with Crippen LogP contribution in [0.4, 0.5) is 20.2 Å². The standard InChI is InChI=1S/C19H16F2N4O/c20-13-5-2-6-14(21)18(13)25-15-7-8-24-19(26)16(15)17(23)12-4-1-3-11(9-12)10-22/h1-9,23H,10,22H2,(H2,24,25,26). The van der Waals surface area contributed by atoms with Gasteiger partial charge in [0.25, 0.3) is 5.56 Å². The molecule has 0 aliphatic heterocycles. The van der Waals surface area contributed by atoms with Crippen LogP contribution in [0, 0.1) is 17.0 Å². The van der Waals surface area contributed by atoms with E-state index in [1.54, 1.807) is 24.3 Å². The summed E-state index contributed by atoms with van der Waals surface area (Å²) in [6.07, 6.45) is 1.34. The Morgan fingerprint density at radius 1 is 1.12 bits per heavy atom. The van der Waals surface area contributed by atoms with E-state index in [4.69, 9.17) is 11.1 Å². The molecule has 0 aliphatic rings. The van der Waals surface area contributed by atoms with Gasteiger partial charge in [0.05, 0.1) is 17.0 Å². The van der Waals surface area contributed by atoms with E-state index >= 15 is 0 Å².